The van der Waals surface area contributed by atoms with Crippen LogP contribution in [0.3, 0.4) is 0 Å². The number of carbonyl (C=O) groups is 4. The van der Waals surface area contributed by atoms with Crippen LogP contribution in [0.2, 0.25) is 0 Å². The third kappa shape index (κ3) is 9.76. The number of furan rings is 1. The Kier molecular flexibility index (Phi) is 12.0. The fourth-order valence-electron chi connectivity index (χ4n) is 6.27. The Labute approximate surface area is 282 Å². The molecular formula is C37H48N6O5. The first kappa shape index (κ1) is 34.8. The standard InChI is InChI=1S/C37H48N6O5/c1-25(2)34-36(46)40-30(19-27-8-5-4-6-9-27)22-43(37(47)32-12-11-31(48-32)23-42-16-13-26(3)14-17-42)24-33(44)39-15-7-10-28-18-29(21-38-20-28)35(45)41-34/h4-6,8-9,11-12,18,20-21,25-26,30,34H,7,10,13-17,19,22-24H2,1-3H3,(H,39,44)(H,40,46)(H,41,45)/t30-,34-/m1/s1. The molecule has 2 atom stereocenters. The maximum absolute atomic E-state index is 14.0. The van der Waals surface area contributed by atoms with Gasteiger partial charge < -0.3 is 25.3 Å². The summed E-state index contributed by atoms with van der Waals surface area (Å²) >= 11 is 0. The van der Waals surface area contributed by atoms with Crippen LogP contribution in [-0.4, -0.2) is 83.2 Å². The monoisotopic (exact) mass is 656 g/mol. The van der Waals surface area contributed by atoms with Crippen molar-refractivity contribution in [3.8, 4) is 0 Å². The van der Waals surface area contributed by atoms with Crippen molar-refractivity contribution >= 4 is 23.6 Å². The lowest BCUT2D eigenvalue weighted by atomic mass is 9.99. The molecule has 2 aliphatic rings. The Morgan fingerprint density at radius 2 is 1.79 bits per heavy atom. The molecule has 0 aliphatic carbocycles. The van der Waals surface area contributed by atoms with E-state index >= 15 is 0 Å². The fraction of sp³-hybridized carbons (Fsp3) is 0.486. The molecule has 3 aromatic rings. The SMILES string of the molecule is CC1CCN(Cc2ccc(C(=O)N3CC(=O)NCCCc4cncc(c4)C(=O)N[C@H](C(C)C)C(=O)N[C@H](Cc4ccccc4)C3)o2)CC1. The number of aromatic nitrogens is 1. The molecule has 2 bridgehead atoms. The van der Waals surface area contributed by atoms with Crippen molar-refractivity contribution in [2.75, 3.05) is 32.7 Å². The number of piperidine rings is 1. The average molecular weight is 657 g/mol. The van der Waals surface area contributed by atoms with E-state index < -0.39 is 18.0 Å². The lowest BCUT2D eigenvalue weighted by molar-refractivity contribution is -0.124. The van der Waals surface area contributed by atoms with E-state index in [4.69, 9.17) is 4.42 Å². The molecule has 4 amide bonds. The maximum Gasteiger partial charge on any atom is 0.290 e. The Bertz CT molecular complexity index is 1550. The van der Waals surface area contributed by atoms with Crippen LogP contribution in [0.4, 0.5) is 0 Å². The highest BCUT2D eigenvalue weighted by Gasteiger charge is 2.30. The maximum atomic E-state index is 14.0. The van der Waals surface area contributed by atoms with Crippen LogP contribution in [0.5, 0.6) is 0 Å². The van der Waals surface area contributed by atoms with Gasteiger partial charge in [0.15, 0.2) is 5.76 Å². The van der Waals surface area contributed by atoms with Crippen LogP contribution in [-0.2, 0) is 29.0 Å². The predicted molar refractivity (Wildman–Crippen MR) is 182 cm³/mol. The molecule has 2 aromatic heterocycles. The van der Waals surface area contributed by atoms with Crippen molar-refractivity contribution < 1.29 is 23.6 Å². The molecule has 0 unspecified atom stereocenters. The molecule has 1 fully saturated rings. The number of aryl methyl sites for hydroxylation is 1. The van der Waals surface area contributed by atoms with Crippen molar-refractivity contribution in [1.82, 2.24) is 30.7 Å². The molecule has 11 heteroatoms. The van der Waals surface area contributed by atoms with Crippen molar-refractivity contribution in [1.29, 1.82) is 0 Å². The molecule has 5 rings (SSSR count). The summed E-state index contributed by atoms with van der Waals surface area (Å²) < 4.78 is 6.07. The second-order valence-corrected chi connectivity index (χ2v) is 13.5. The predicted octanol–water partition coefficient (Wildman–Crippen LogP) is 3.59. The van der Waals surface area contributed by atoms with Crippen LogP contribution in [0.15, 0.2) is 65.3 Å². The van der Waals surface area contributed by atoms with Gasteiger partial charge in [0, 0.05) is 25.5 Å². The van der Waals surface area contributed by atoms with Crippen LogP contribution >= 0.6 is 0 Å². The van der Waals surface area contributed by atoms with Gasteiger partial charge >= 0.3 is 0 Å². The molecule has 2 aliphatic heterocycles. The van der Waals surface area contributed by atoms with E-state index in [0.717, 1.165) is 37.1 Å². The number of likely N-dealkylation sites (tertiary alicyclic amines) is 1. The largest absolute Gasteiger partial charge is 0.455 e. The van der Waals surface area contributed by atoms with Gasteiger partial charge in [-0.1, -0.05) is 51.1 Å². The Hall–Kier alpha value is -4.51. The molecule has 3 N–H and O–H groups in total. The molecule has 1 saturated heterocycles. The molecule has 0 radical (unpaired) electrons. The van der Waals surface area contributed by atoms with Crippen molar-refractivity contribution in [3.63, 3.8) is 0 Å². The molecule has 48 heavy (non-hydrogen) atoms. The number of pyridine rings is 1. The first-order valence-electron chi connectivity index (χ1n) is 17.1. The highest BCUT2D eigenvalue weighted by molar-refractivity contribution is 5.97. The van der Waals surface area contributed by atoms with Crippen molar-refractivity contribution in [3.05, 3.63) is 89.1 Å². The number of rotatable bonds is 6. The summed E-state index contributed by atoms with van der Waals surface area (Å²) in [6.07, 6.45) is 7.06. The summed E-state index contributed by atoms with van der Waals surface area (Å²) in [5, 5.41) is 8.93. The van der Waals surface area contributed by atoms with E-state index in [1.165, 1.54) is 11.1 Å². The second kappa shape index (κ2) is 16.5. The zero-order valence-electron chi connectivity index (χ0n) is 28.2. The Morgan fingerprint density at radius 3 is 2.54 bits per heavy atom. The summed E-state index contributed by atoms with van der Waals surface area (Å²) in [6.45, 7) is 8.82. The summed E-state index contributed by atoms with van der Waals surface area (Å²) in [7, 11) is 0. The van der Waals surface area contributed by atoms with E-state index in [2.05, 4.69) is 32.8 Å². The first-order chi connectivity index (χ1) is 23.1. The lowest BCUT2D eigenvalue weighted by Crippen LogP contribution is -2.55. The fourth-order valence-corrected chi connectivity index (χ4v) is 6.27. The van der Waals surface area contributed by atoms with E-state index in [9.17, 15) is 19.2 Å². The average Bonchev–Trinajstić information content (AvgIpc) is 3.54. The van der Waals surface area contributed by atoms with Crippen molar-refractivity contribution in [2.24, 2.45) is 11.8 Å². The molecule has 256 valence electrons. The summed E-state index contributed by atoms with van der Waals surface area (Å²) in [4.78, 5) is 62.4. The van der Waals surface area contributed by atoms with Gasteiger partial charge in [-0.25, -0.2) is 0 Å². The Balaban J connectivity index is 1.41. The molecular weight excluding hydrogens is 608 g/mol. The smallest absolute Gasteiger partial charge is 0.290 e. The number of benzene rings is 1. The minimum absolute atomic E-state index is 0.0520. The Morgan fingerprint density at radius 1 is 1.02 bits per heavy atom. The highest BCUT2D eigenvalue weighted by atomic mass is 16.4. The number of nitrogens with zero attached hydrogens (tertiary/aromatic N) is 3. The number of fused-ring (bicyclic) bond motifs is 2. The second-order valence-electron chi connectivity index (χ2n) is 13.5. The summed E-state index contributed by atoms with van der Waals surface area (Å²) in [5.41, 5.74) is 2.17. The third-order valence-electron chi connectivity index (χ3n) is 9.12. The molecule has 1 aromatic carbocycles. The van der Waals surface area contributed by atoms with Gasteiger partial charge in [-0.15, -0.1) is 0 Å². The summed E-state index contributed by atoms with van der Waals surface area (Å²) in [5.74, 6) is -0.163. The normalized spacial score (nSPS) is 20.9. The molecule has 11 nitrogen and oxygen atoms in total. The topological polar surface area (TPSA) is 137 Å². The van der Waals surface area contributed by atoms with Crippen molar-refractivity contribution in [2.45, 2.75) is 71.5 Å². The van der Waals surface area contributed by atoms with Gasteiger partial charge in [0.2, 0.25) is 11.8 Å². The van der Waals surface area contributed by atoms with E-state index in [1.54, 1.807) is 18.3 Å². The number of hydrogen-bond acceptors (Lipinski definition) is 7. The van der Waals surface area contributed by atoms with Crippen LogP contribution in [0.1, 0.15) is 77.8 Å². The van der Waals surface area contributed by atoms with E-state index in [0.29, 0.717) is 49.6 Å². The van der Waals surface area contributed by atoms with E-state index in [1.807, 2.05) is 50.2 Å². The van der Waals surface area contributed by atoms with Gasteiger partial charge in [-0.3, -0.25) is 29.1 Å². The van der Waals surface area contributed by atoms with Gasteiger partial charge in [-0.05, 0) is 86.4 Å². The quantitative estimate of drug-likeness (QED) is 0.369. The van der Waals surface area contributed by atoms with Gasteiger partial charge in [-0.2, -0.15) is 0 Å². The van der Waals surface area contributed by atoms with Gasteiger partial charge in [0.1, 0.15) is 18.3 Å². The zero-order chi connectivity index (χ0) is 34.0. The minimum atomic E-state index is -0.840. The number of carbonyl (C=O) groups excluding carboxylic acids is 4. The third-order valence-corrected chi connectivity index (χ3v) is 9.12. The van der Waals surface area contributed by atoms with Crippen LogP contribution < -0.4 is 16.0 Å². The summed E-state index contributed by atoms with van der Waals surface area (Å²) in [6, 6.07) is 13.5. The highest BCUT2D eigenvalue weighted by Crippen LogP contribution is 2.20. The number of nitrogens with one attached hydrogen (secondary N) is 3. The van der Waals surface area contributed by atoms with Gasteiger partial charge in [0.25, 0.3) is 11.8 Å². The molecule has 0 saturated carbocycles. The van der Waals surface area contributed by atoms with Crippen LogP contribution in [0.25, 0.3) is 0 Å². The van der Waals surface area contributed by atoms with E-state index in [-0.39, 0.29) is 42.5 Å². The molecule has 4 heterocycles. The number of amides is 4. The minimum Gasteiger partial charge on any atom is -0.455 e. The van der Waals surface area contributed by atoms with Crippen LogP contribution in [0, 0.1) is 11.8 Å². The lowest BCUT2D eigenvalue weighted by Gasteiger charge is -2.30. The molecule has 0 spiro atoms. The zero-order valence-corrected chi connectivity index (χ0v) is 28.2. The first-order valence-corrected chi connectivity index (χ1v) is 17.1. The number of hydrogen-bond donors (Lipinski definition) is 3. The van der Waals surface area contributed by atoms with Gasteiger partial charge in [0.05, 0.1) is 18.2 Å².